The van der Waals surface area contributed by atoms with Gasteiger partial charge in [0.25, 0.3) is 0 Å². The fourth-order valence-corrected chi connectivity index (χ4v) is 119. The van der Waals surface area contributed by atoms with Gasteiger partial charge in [0, 0.05) is 334 Å². The molecule has 0 saturated heterocycles. The van der Waals surface area contributed by atoms with Crippen molar-refractivity contribution in [2.24, 2.45) is 0 Å². The third-order valence-electron chi connectivity index (χ3n) is 1.49. The highest BCUT2D eigenvalue weighted by Crippen LogP contribution is 2.68. The number of hydrogen-bond acceptors (Lipinski definition) is 46. The lowest BCUT2D eigenvalue weighted by atomic mass is 10.9. The van der Waals surface area contributed by atoms with Gasteiger partial charge in [-0.15, -0.1) is 0 Å². The Hall–Kier alpha value is 15.8. The van der Waals surface area contributed by atoms with Crippen LogP contribution in [-0.2, 0) is 33.0 Å². The monoisotopic (exact) mass is 1520 g/mol. The van der Waals surface area contributed by atoms with Crippen LogP contribution in [0.3, 0.4) is 0 Å². The Kier molecular flexibility index (Phi) is 76.9. The lowest BCUT2D eigenvalue weighted by molar-refractivity contribution is 0.402. The van der Waals surface area contributed by atoms with E-state index in [-0.39, 0.29) is 0 Å². The van der Waals surface area contributed by atoms with Crippen LogP contribution in [-0.4, -0.2) is 6.61 Å². The van der Waals surface area contributed by atoms with Crippen LogP contribution >= 0.6 is 424 Å². The van der Waals surface area contributed by atoms with Crippen molar-refractivity contribution in [3.8, 4) is 0 Å². The second-order valence-electron chi connectivity index (χ2n) is 3.68. The standard InChI is InChI=1S/C2H6OS46/c1-2-3-49(5,6)48-47-46-45-44-43-42-41-40-39-38-37-36-35-34-33-32-31-30-29-28-27-26-25-24-23-22-21-20-19-18-17-16-15-14-13-12-11-10-9-8-7-4/h4H,2H2,1H3. The van der Waals surface area contributed by atoms with Crippen LogP contribution in [0.2, 0.25) is 0 Å². The molecular formula is C2H6OS46. The van der Waals surface area contributed by atoms with Gasteiger partial charge >= 0.3 is 0 Å². The summed E-state index contributed by atoms with van der Waals surface area (Å²) in [5.41, 5.74) is 0. The molecule has 0 aliphatic carbocycles. The minimum atomic E-state index is -1.81. The molecule has 49 heavy (non-hydrogen) atoms. The van der Waals surface area contributed by atoms with E-state index in [0.717, 1.165) is 0 Å². The Morgan fingerprint density at radius 3 is 0.653 bits per heavy atom. The largest absolute Gasteiger partial charge is 0.302 e. The molecule has 0 rings (SSSR count). The summed E-state index contributed by atoms with van der Waals surface area (Å²) in [7, 11) is 74.8. The van der Waals surface area contributed by atoms with E-state index in [9.17, 15) is 0 Å². The van der Waals surface area contributed by atoms with Crippen LogP contribution in [0, 0.1) is 0 Å². The fraction of sp³-hybridized carbons (Fsp3) is 1.00. The molecule has 296 valence electrons. The highest BCUT2D eigenvalue weighted by molar-refractivity contribution is 9.62. The number of thiol groups is 1. The molecule has 0 amide bonds. The highest BCUT2D eigenvalue weighted by Gasteiger charge is 2.06. The molecule has 0 aliphatic heterocycles. The van der Waals surface area contributed by atoms with Gasteiger partial charge in [0.15, 0.2) is 0 Å². The summed E-state index contributed by atoms with van der Waals surface area (Å²) < 4.78 is 5.40. The molecule has 0 fully saturated rings. The van der Waals surface area contributed by atoms with Crippen LogP contribution in [0.5, 0.6) is 0 Å². The van der Waals surface area contributed by atoms with Gasteiger partial charge in [0.2, 0.25) is 0 Å². The van der Waals surface area contributed by atoms with Crippen molar-refractivity contribution in [1.82, 2.24) is 0 Å². The van der Waals surface area contributed by atoms with Gasteiger partial charge in [0.1, 0.15) is 0 Å². The third kappa shape index (κ3) is 59.9. The summed E-state index contributed by atoms with van der Waals surface area (Å²) in [4.78, 5) is 0. The summed E-state index contributed by atoms with van der Waals surface area (Å²) in [6, 6.07) is 0. The first kappa shape index (κ1) is 64.8. The van der Waals surface area contributed by atoms with Gasteiger partial charge in [-0.2, -0.15) is 0 Å². The Morgan fingerprint density at radius 1 is 0.327 bits per heavy atom. The molecule has 0 saturated carbocycles. The van der Waals surface area contributed by atoms with Gasteiger partial charge in [0.05, 0.1) is 13.1 Å². The maximum atomic E-state index is 5.40. The second-order valence-corrected chi connectivity index (χ2v) is 85.3. The lowest BCUT2D eigenvalue weighted by Crippen LogP contribution is -1.93. The molecule has 0 radical (unpaired) electrons. The average molecular weight is 1520 g/mol. The molecular weight excluding hydrogens is 1520 g/mol. The Bertz CT molecular complexity index is 687. The molecule has 0 spiro atoms. The minimum Gasteiger partial charge on any atom is -0.302 e. The molecule has 0 N–H and O–H groups in total. The zero-order chi connectivity index (χ0) is 35.6. The molecule has 0 aliphatic rings. The third-order valence-corrected chi connectivity index (χ3v) is 99.4. The smallest absolute Gasteiger partial charge is 0.0820 e. The number of hydrogen-bond donors (Lipinski definition) is 1. The topological polar surface area (TPSA) is 9.23 Å². The Morgan fingerprint density at radius 2 is 0.490 bits per heavy atom. The average Bonchev–Trinajstić information content (AvgIpc) is 3.09. The maximum Gasteiger partial charge on any atom is 0.0820 e. The Labute approximate surface area is 458 Å². The van der Waals surface area contributed by atoms with Crippen molar-refractivity contribution >= 4 is 453 Å². The zero-order valence-corrected chi connectivity index (χ0v) is 58.6. The molecule has 0 atom stereocenters. The summed E-state index contributed by atoms with van der Waals surface area (Å²) in [6.07, 6.45) is 0. The predicted octanol–water partition coefficient (Wildman–Crippen LogP) is 28.1. The van der Waals surface area contributed by atoms with Gasteiger partial charge in [-0.25, -0.2) is 0 Å². The van der Waals surface area contributed by atoms with Crippen molar-refractivity contribution < 1.29 is 4.18 Å². The van der Waals surface area contributed by atoms with E-state index >= 15 is 0 Å². The van der Waals surface area contributed by atoms with Gasteiger partial charge in [-0.05, 0) is 108 Å². The van der Waals surface area contributed by atoms with E-state index in [0.29, 0.717) is 6.61 Å². The molecule has 0 unspecified atom stereocenters. The van der Waals surface area contributed by atoms with Crippen molar-refractivity contribution in [3.05, 3.63) is 0 Å². The van der Waals surface area contributed by atoms with E-state index in [1.165, 1.54) is 19.7 Å². The summed E-state index contributed by atoms with van der Waals surface area (Å²) in [5.74, 6) is 0. The van der Waals surface area contributed by atoms with Gasteiger partial charge in [-0.3, -0.25) is 0 Å². The van der Waals surface area contributed by atoms with E-state index in [1.807, 2.05) is 262 Å². The Balaban J connectivity index is 3.08. The van der Waals surface area contributed by atoms with Crippen LogP contribution in [0.15, 0.2) is 0 Å². The quantitative estimate of drug-likeness (QED) is 0.0352. The normalized spacial score (nSPS) is 12.0. The summed E-state index contributed by atoms with van der Waals surface area (Å²) in [6.45, 7) is 0.698. The van der Waals surface area contributed by atoms with Crippen LogP contribution in [0.25, 0.3) is 0 Å². The first-order valence-corrected chi connectivity index (χ1v) is 69.1. The van der Waals surface area contributed by atoms with E-state index in [4.69, 9.17) is 26.6 Å². The van der Waals surface area contributed by atoms with Crippen LogP contribution < -0.4 is 0 Å². The molecule has 0 aromatic carbocycles. The molecule has 0 aromatic heterocycles. The van der Waals surface area contributed by atoms with Gasteiger partial charge in [-0.1, -0.05) is 11.7 Å². The molecule has 0 bridgehead atoms. The molecule has 0 heterocycles. The summed E-state index contributed by atoms with van der Waals surface area (Å²) in [5, 5.41) is 0. The van der Waals surface area contributed by atoms with Crippen molar-refractivity contribution in [1.29, 1.82) is 0 Å². The van der Waals surface area contributed by atoms with Gasteiger partial charge < -0.3 is 4.18 Å². The summed E-state index contributed by atoms with van der Waals surface area (Å²) >= 11 is 14.6. The van der Waals surface area contributed by atoms with E-state index < -0.39 is 6.46 Å². The first-order valence-electron chi connectivity index (χ1n) is 8.68. The minimum absolute atomic E-state index is 0.581. The van der Waals surface area contributed by atoms with Crippen LogP contribution in [0.1, 0.15) is 6.92 Å². The SMILES string of the molecule is CCOS(=S)(=S)SSSSSSSSSSSSSSSSSSSSSSSSSSSSSSSSSSSSSSSSSSS. The van der Waals surface area contributed by atoms with Crippen LogP contribution in [0.4, 0.5) is 0 Å². The van der Waals surface area contributed by atoms with E-state index in [1.54, 1.807) is 138 Å². The first-order chi connectivity index (χ1) is 24.1. The van der Waals surface area contributed by atoms with Crippen molar-refractivity contribution in [2.45, 2.75) is 6.92 Å². The fourth-order valence-electron chi connectivity index (χ4n) is 0.653. The maximum absolute atomic E-state index is 5.40. The molecule has 1 nitrogen and oxygen atoms in total. The molecule has 0 aromatic rings. The van der Waals surface area contributed by atoms with Crippen molar-refractivity contribution in [3.63, 3.8) is 0 Å². The lowest BCUT2D eigenvalue weighted by Gasteiger charge is -2.06. The highest BCUT2D eigenvalue weighted by atomic mass is 34.1. The zero-order valence-electron chi connectivity index (χ0n) is 20.9. The molecule has 47 heteroatoms. The van der Waals surface area contributed by atoms with Crippen molar-refractivity contribution in [2.75, 3.05) is 6.61 Å². The number of rotatable bonds is 44. The second kappa shape index (κ2) is 58.1. The predicted molar refractivity (Wildman–Crippen MR) is 362 cm³/mol. The van der Waals surface area contributed by atoms with E-state index in [2.05, 4.69) is 11.7 Å².